The number of benzene rings is 1. The van der Waals surface area contributed by atoms with Gasteiger partial charge in [-0.3, -0.25) is 4.55 Å². The van der Waals surface area contributed by atoms with E-state index in [2.05, 4.69) is 11.8 Å². The Morgan fingerprint density at radius 3 is 2.24 bits per heavy atom. The van der Waals surface area contributed by atoms with Crippen LogP contribution in [0.5, 0.6) is 5.75 Å². The molecule has 1 aromatic rings. The molecule has 0 spiro atoms. The number of hydrogen-bond donors (Lipinski definition) is 2. The summed E-state index contributed by atoms with van der Waals surface area (Å²) in [7, 11) is -4.17. The number of ether oxygens (including phenoxy) is 1. The van der Waals surface area contributed by atoms with Crippen LogP contribution in [0, 0.1) is 11.8 Å². The summed E-state index contributed by atoms with van der Waals surface area (Å²) in [4.78, 5) is -0.193. The number of rotatable bonds is 3. The van der Waals surface area contributed by atoms with Gasteiger partial charge in [0.1, 0.15) is 19.0 Å². The predicted octanol–water partition coefficient (Wildman–Crippen LogP) is -0.341. The van der Waals surface area contributed by atoms with Crippen LogP contribution in [-0.4, -0.2) is 60.8 Å². The van der Waals surface area contributed by atoms with E-state index in [1.807, 2.05) is 0 Å². The first-order chi connectivity index (χ1) is 7.54. The maximum absolute atomic E-state index is 10.7. The third-order valence-corrected chi connectivity index (χ3v) is 2.50. The van der Waals surface area contributed by atoms with Gasteiger partial charge in [0.15, 0.2) is 0 Å². The zero-order valence-electron chi connectivity index (χ0n) is 8.25. The third-order valence-electron chi connectivity index (χ3n) is 1.64. The minimum atomic E-state index is -4.17. The fourth-order valence-corrected chi connectivity index (χ4v) is 1.41. The molecule has 1 aromatic carbocycles. The molecule has 0 aliphatic carbocycles. The molecule has 0 atom stereocenters. The van der Waals surface area contributed by atoms with Crippen LogP contribution >= 0.6 is 0 Å². The van der Waals surface area contributed by atoms with Crippen LogP contribution in [0.25, 0.3) is 0 Å². The summed E-state index contributed by atoms with van der Waals surface area (Å²) in [6, 6.07) is 5.27. The topological polar surface area (TPSA) is 83.8 Å². The van der Waals surface area contributed by atoms with Crippen LogP contribution in [0.1, 0.15) is 0 Å². The van der Waals surface area contributed by atoms with Crippen molar-refractivity contribution in [3.63, 3.8) is 0 Å². The van der Waals surface area contributed by atoms with Crippen molar-refractivity contribution in [2.45, 2.75) is 4.90 Å². The molecule has 7 heteroatoms. The Bertz CT molecular complexity index is 498. The van der Waals surface area contributed by atoms with Gasteiger partial charge in [0.25, 0.3) is 10.1 Å². The van der Waals surface area contributed by atoms with Gasteiger partial charge < -0.3 is 9.84 Å². The normalized spacial score (nSPS) is 9.76. The van der Waals surface area contributed by atoms with E-state index in [-0.39, 0.29) is 47.7 Å². The van der Waals surface area contributed by atoms with Gasteiger partial charge in [-0.1, -0.05) is 11.8 Å². The molecule has 0 saturated carbocycles. The van der Waals surface area contributed by atoms with Gasteiger partial charge in [-0.25, -0.2) is 0 Å². The molecule has 0 fully saturated rings. The quantitative estimate of drug-likeness (QED) is 0.444. The SMILES string of the molecule is O=S(=O)(O)c1ccc(OCC#CCO)cc1.[NaH]. The Kier molecular flexibility index (Phi) is 7.46. The fourth-order valence-electron chi connectivity index (χ4n) is 0.934. The van der Waals surface area contributed by atoms with Gasteiger partial charge in [0, 0.05) is 0 Å². The molecular formula is C10H11NaO5S. The molecule has 0 aliphatic rings. The second-order valence-electron chi connectivity index (χ2n) is 2.75. The third kappa shape index (κ3) is 6.07. The molecule has 5 nitrogen and oxygen atoms in total. The van der Waals surface area contributed by atoms with Crippen molar-refractivity contribution in [1.29, 1.82) is 0 Å². The summed E-state index contributed by atoms with van der Waals surface area (Å²) < 4.78 is 35.2. The molecule has 17 heavy (non-hydrogen) atoms. The van der Waals surface area contributed by atoms with Crippen molar-refractivity contribution in [1.82, 2.24) is 0 Å². The summed E-state index contributed by atoms with van der Waals surface area (Å²) in [5, 5.41) is 8.37. The molecule has 88 valence electrons. The zero-order chi connectivity index (χ0) is 12.0. The summed E-state index contributed by atoms with van der Waals surface area (Å²) in [6.07, 6.45) is 0. The van der Waals surface area contributed by atoms with E-state index in [4.69, 9.17) is 14.4 Å². The fraction of sp³-hybridized carbons (Fsp3) is 0.200. The van der Waals surface area contributed by atoms with E-state index < -0.39 is 10.1 Å². The van der Waals surface area contributed by atoms with E-state index in [1.54, 1.807) is 0 Å². The van der Waals surface area contributed by atoms with Gasteiger partial charge in [-0.2, -0.15) is 8.42 Å². The molecule has 0 aliphatic heterocycles. The van der Waals surface area contributed by atoms with Crippen molar-refractivity contribution in [3.05, 3.63) is 24.3 Å². The van der Waals surface area contributed by atoms with Crippen LogP contribution in [0.15, 0.2) is 29.2 Å². The van der Waals surface area contributed by atoms with Crippen LogP contribution < -0.4 is 4.74 Å². The Labute approximate surface area is 122 Å². The molecular weight excluding hydrogens is 255 g/mol. The van der Waals surface area contributed by atoms with E-state index in [1.165, 1.54) is 24.3 Å². The molecule has 0 aromatic heterocycles. The van der Waals surface area contributed by atoms with Crippen molar-refractivity contribution in [2.75, 3.05) is 13.2 Å². The van der Waals surface area contributed by atoms with Crippen LogP contribution in [0.2, 0.25) is 0 Å². The average Bonchev–Trinajstić information content (AvgIpc) is 2.24. The van der Waals surface area contributed by atoms with Crippen LogP contribution in [0.4, 0.5) is 0 Å². The molecule has 0 saturated heterocycles. The summed E-state index contributed by atoms with van der Waals surface area (Å²) in [6.45, 7) is -0.128. The summed E-state index contributed by atoms with van der Waals surface area (Å²) in [5.41, 5.74) is 0. The van der Waals surface area contributed by atoms with E-state index in [0.29, 0.717) is 5.75 Å². The first-order valence-electron chi connectivity index (χ1n) is 4.31. The second-order valence-corrected chi connectivity index (χ2v) is 4.17. The van der Waals surface area contributed by atoms with Crippen molar-refractivity contribution in [2.24, 2.45) is 0 Å². The van der Waals surface area contributed by atoms with E-state index >= 15 is 0 Å². The van der Waals surface area contributed by atoms with Gasteiger partial charge in [-0.15, -0.1) is 0 Å². The summed E-state index contributed by atoms with van der Waals surface area (Å²) in [5.74, 6) is 5.37. The molecule has 0 amide bonds. The number of aliphatic hydroxyl groups excluding tert-OH is 1. The molecule has 0 radical (unpaired) electrons. The van der Waals surface area contributed by atoms with Crippen LogP contribution in [-0.2, 0) is 10.1 Å². The Morgan fingerprint density at radius 1 is 1.18 bits per heavy atom. The Hall–Kier alpha value is -0.550. The summed E-state index contributed by atoms with van der Waals surface area (Å²) >= 11 is 0. The second kappa shape index (κ2) is 7.71. The number of hydrogen-bond acceptors (Lipinski definition) is 4. The molecule has 1 rings (SSSR count). The maximum atomic E-state index is 10.7. The average molecular weight is 266 g/mol. The van der Waals surface area contributed by atoms with Gasteiger partial charge in [-0.05, 0) is 24.3 Å². The first-order valence-corrected chi connectivity index (χ1v) is 5.75. The van der Waals surface area contributed by atoms with E-state index in [0.717, 1.165) is 0 Å². The molecule has 0 unspecified atom stereocenters. The van der Waals surface area contributed by atoms with Crippen molar-refractivity contribution >= 4 is 39.7 Å². The molecule has 0 heterocycles. The van der Waals surface area contributed by atoms with Crippen LogP contribution in [0.3, 0.4) is 0 Å². The van der Waals surface area contributed by atoms with Crippen molar-refractivity contribution in [3.8, 4) is 17.6 Å². The molecule has 0 bridgehead atoms. The Balaban J connectivity index is 0.00000256. The van der Waals surface area contributed by atoms with Crippen molar-refractivity contribution < 1.29 is 22.8 Å². The van der Waals surface area contributed by atoms with E-state index in [9.17, 15) is 8.42 Å². The zero-order valence-corrected chi connectivity index (χ0v) is 9.07. The first kappa shape index (κ1) is 16.4. The standard InChI is InChI=1S/C10H10O5S.Na.H/c11-7-1-2-8-15-9-3-5-10(6-4-9)16(12,13)14;;/h3-6,11H,7-8H2,(H,12,13,14);;. The minimum absolute atomic E-state index is 0. The number of aliphatic hydroxyl groups is 1. The van der Waals surface area contributed by atoms with Gasteiger partial charge >= 0.3 is 29.6 Å². The van der Waals surface area contributed by atoms with Gasteiger partial charge in [0.05, 0.1) is 4.90 Å². The van der Waals surface area contributed by atoms with Gasteiger partial charge in [0.2, 0.25) is 0 Å². The Morgan fingerprint density at radius 2 is 1.76 bits per heavy atom. The predicted molar refractivity (Wildman–Crippen MR) is 63.8 cm³/mol. The molecule has 2 N–H and O–H groups in total. The monoisotopic (exact) mass is 266 g/mol.